The molecule has 0 bridgehead atoms. The van der Waals surface area contributed by atoms with Gasteiger partial charge >= 0.3 is 0 Å². The number of carbonyl (C=O) groups excluding carboxylic acids is 1. The number of halogens is 1. The fourth-order valence-corrected chi connectivity index (χ4v) is 1.87. The van der Waals surface area contributed by atoms with Gasteiger partial charge in [-0.05, 0) is 36.8 Å². The Balaban J connectivity index is 1.65. The lowest BCUT2D eigenvalue weighted by Gasteiger charge is -2.08. The monoisotopic (exact) mass is 321 g/mol. The molecule has 0 unspecified atom stereocenters. The van der Waals surface area contributed by atoms with Crippen molar-refractivity contribution in [2.75, 3.05) is 13.2 Å². The molecule has 7 heteroatoms. The van der Waals surface area contributed by atoms with Gasteiger partial charge in [0.05, 0.1) is 0 Å². The molecule has 1 aromatic heterocycles. The number of aromatic nitrogens is 2. The third-order valence-electron chi connectivity index (χ3n) is 2.84. The number of hydrogen-bond acceptors (Lipinski definition) is 4. The van der Waals surface area contributed by atoms with Crippen LogP contribution in [0.5, 0.6) is 5.75 Å². The van der Waals surface area contributed by atoms with Crippen LogP contribution in [-0.2, 0) is 11.3 Å². The number of benzene rings is 1. The number of rotatable bonds is 7. The predicted molar refractivity (Wildman–Crippen MR) is 83.1 cm³/mol. The van der Waals surface area contributed by atoms with Crippen LogP contribution in [0.1, 0.15) is 6.42 Å². The third-order valence-corrected chi connectivity index (χ3v) is 3.09. The molecule has 0 saturated heterocycles. The maximum Gasteiger partial charge on any atom is 0.266 e. The second kappa shape index (κ2) is 8.19. The maximum absolute atomic E-state index is 11.6. The van der Waals surface area contributed by atoms with E-state index in [2.05, 4.69) is 10.4 Å². The van der Waals surface area contributed by atoms with Crippen molar-refractivity contribution in [3.8, 4) is 5.75 Å². The summed E-state index contributed by atoms with van der Waals surface area (Å²) in [5.41, 5.74) is -0.153. The van der Waals surface area contributed by atoms with Crippen LogP contribution in [0.4, 0.5) is 0 Å². The van der Waals surface area contributed by atoms with Crippen LogP contribution >= 0.6 is 11.6 Å². The second-order valence-electron chi connectivity index (χ2n) is 4.53. The van der Waals surface area contributed by atoms with Gasteiger partial charge in [-0.3, -0.25) is 9.59 Å². The highest BCUT2D eigenvalue weighted by Gasteiger charge is 2.03. The summed E-state index contributed by atoms with van der Waals surface area (Å²) in [6, 6.07) is 9.82. The van der Waals surface area contributed by atoms with Crippen molar-refractivity contribution in [1.29, 1.82) is 0 Å². The molecule has 0 atom stereocenters. The van der Waals surface area contributed by atoms with Crippen molar-refractivity contribution in [1.82, 2.24) is 15.1 Å². The molecule has 2 rings (SSSR count). The summed E-state index contributed by atoms with van der Waals surface area (Å²) in [5.74, 6) is 0.364. The third kappa shape index (κ3) is 5.21. The standard InChI is InChI=1S/C15H16ClN3O3/c16-12-4-6-13(7-5-12)22-11-14(20)17-8-2-10-19-15(21)3-1-9-18-19/h1,3-7,9H,2,8,10-11H2,(H,17,20). The highest BCUT2D eigenvalue weighted by atomic mass is 35.5. The van der Waals surface area contributed by atoms with Crippen molar-refractivity contribution in [2.24, 2.45) is 0 Å². The number of carbonyl (C=O) groups is 1. The van der Waals surface area contributed by atoms with Crippen LogP contribution in [0, 0.1) is 0 Å². The fraction of sp³-hybridized carbons (Fsp3) is 0.267. The van der Waals surface area contributed by atoms with Crippen molar-refractivity contribution < 1.29 is 9.53 Å². The van der Waals surface area contributed by atoms with E-state index in [0.29, 0.717) is 30.3 Å². The number of hydrogen-bond donors (Lipinski definition) is 1. The van der Waals surface area contributed by atoms with Gasteiger partial charge in [0.1, 0.15) is 5.75 Å². The van der Waals surface area contributed by atoms with Gasteiger partial charge < -0.3 is 10.1 Å². The van der Waals surface area contributed by atoms with Gasteiger partial charge in [0.15, 0.2) is 6.61 Å². The van der Waals surface area contributed by atoms with Crippen LogP contribution in [0.3, 0.4) is 0 Å². The summed E-state index contributed by atoms with van der Waals surface area (Å²) in [4.78, 5) is 23.0. The molecule has 2 aromatic rings. The summed E-state index contributed by atoms with van der Waals surface area (Å²) in [5, 5.41) is 7.27. The summed E-state index contributed by atoms with van der Waals surface area (Å²) in [6.45, 7) is 0.842. The maximum atomic E-state index is 11.6. The molecule has 1 heterocycles. The minimum absolute atomic E-state index is 0.0643. The normalized spacial score (nSPS) is 10.2. The van der Waals surface area contributed by atoms with Gasteiger partial charge in [-0.25, -0.2) is 4.68 Å². The van der Waals surface area contributed by atoms with Crippen LogP contribution in [0.2, 0.25) is 5.02 Å². The Hall–Kier alpha value is -2.34. The number of aryl methyl sites for hydroxylation is 1. The highest BCUT2D eigenvalue weighted by Crippen LogP contribution is 2.15. The van der Waals surface area contributed by atoms with Gasteiger partial charge in [-0.1, -0.05) is 11.6 Å². The molecule has 0 aliphatic rings. The molecule has 0 fully saturated rings. The molecule has 116 valence electrons. The van der Waals surface area contributed by atoms with Crippen LogP contribution in [0.15, 0.2) is 47.4 Å². The summed E-state index contributed by atoms with van der Waals surface area (Å²) in [6.07, 6.45) is 2.17. The van der Waals surface area contributed by atoms with E-state index in [0.717, 1.165) is 0 Å². The van der Waals surface area contributed by atoms with E-state index < -0.39 is 0 Å². The Morgan fingerprint density at radius 3 is 2.77 bits per heavy atom. The first-order valence-corrected chi connectivity index (χ1v) is 7.20. The molecular weight excluding hydrogens is 306 g/mol. The first kappa shape index (κ1) is 16.0. The Kier molecular flexibility index (Phi) is 5.97. The summed E-state index contributed by atoms with van der Waals surface area (Å²) >= 11 is 5.76. The molecule has 0 radical (unpaired) electrons. The number of ether oxygens (including phenoxy) is 1. The largest absolute Gasteiger partial charge is 0.484 e. The molecule has 22 heavy (non-hydrogen) atoms. The lowest BCUT2D eigenvalue weighted by atomic mass is 10.3. The number of amides is 1. The van der Waals surface area contributed by atoms with E-state index in [1.165, 1.54) is 10.7 Å². The molecule has 0 aliphatic carbocycles. The number of nitrogens with zero attached hydrogens (tertiary/aromatic N) is 2. The van der Waals surface area contributed by atoms with E-state index in [1.54, 1.807) is 36.5 Å². The van der Waals surface area contributed by atoms with Gasteiger partial charge in [0.2, 0.25) is 0 Å². The van der Waals surface area contributed by atoms with Crippen molar-refractivity contribution in [2.45, 2.75) is 13.0 Å². The Bertz CT molecular complexity index is 670. The van der Waals surface area contributed by atoms with Gasteiger partial charge in [0.25, 0.3) is 11.5 Å². The van der Waals surface area contributed by atoms with Gasteiger partial charge in [-0.2, -0.15) is 5.10 Å². The quantitative estimate of drug-likeness (QED) is 0.784. The second-order valence-corrected chi connectivity index (χ2v) is 4.97. The zero-order valence-electron chi connectivity index (χ0n) is 11.9. The molecule has 0 aliphatic heterocycles. The predicted octanol–water partition coefficient (Wildman–Crippen LogP) is 1.48. The molecule has 1 aromatic carbocycles. The zero-order valence-corrected chi connectivity index (χ0v) is 12.6. The first-order valence-electron chi connectivity index (χ1n) is 6.82. The average Bonchev–Trinajstić information content (AvgIpc) is 2.52. The SMILES string of the molecule is O=C(COc1ccc(Cl)cc1)NCCCn1ncccc1=O. The van der Waals surface area contributed by atoms with E-state index in [4.69, 9.17) is 16.3 Å². The van der Waals surface area contributed by atoms with Gasteiger partial charge in [-0.15, -0.1) is 0 Å². The number of nitrogens with one attached hydrogen (secondary N) is 1. The minimum atomic E-state index is -0.219. The van der Waals surface area contributed by atoms with Crippen molar-refractivity contribution in [3.63, 3.8) is 0 Å². The van der Waals surface area contributed by atoms with Crippen LogP contribution in [0.25, 0.3) is 0 Å². The zero-order chi connectivity index (χ0) is 15.8. The highest BCUT2D eigenvalue weighted by molar-refractivity contribution is 6.30. The Labute approximate surface area is 132 Å². The summed E-state index contributed by atoms with van der Waals surface area (Å²) < 4.78 is 6.68. The van der Waals surface area contributed by atoms with Gasteiger partial charge in [0, 0.05) is 30.4 Å². The Morgan fingerprint density at radius 1 is 1.27 bits per heavy atom. The lowest BCUT2D eigenvalue weighted by molar-refractivity contribution is -0.123. The molecule has 0 saturated carbocycles. The van der Waals surface area contributed by atoms with E-state index in [1.807, 2.05) is 0 Å². The first-order chi connectivity index (χ1) is 10.6. The lowest BCUT2D eigenvalue weighted by Crippen LogP contribution is -2.31. The molecule has 6 nitrogen and oxygen atoms in total. The molecule has 1 N–H and O–H groups in total. The molecule has 0 spiro atoms. The minimum Gasteiger partial charge on any atom is -0.484 e. The van der Waals surface area contributed by atoms with Crippen LogP contribution in [-0.4, -0.2) is 28.8 Å². The fourth-order valence-electron chi connectivity index (χ4n) is 1.74. The average molecular weight is 322 g/mol. The van der Waals surface area contributed by atoms with E-state index in [-0.39, 0.29) is 18.1 Å². The summed E-state index contributed by atoms with van der Waals surface area (Å²) in [7, 11) is 0. The molecular formula is C15H16ClN3O3. The van der Waals surface area contributed by atoms with Crippen LogP contribution < -0.4 is 15.6 Å². The van der Waals surface area contributed by atoms with E-state index in [9.17, 15) is 9.59 Å². The Morgan fingerprint density at radius 2 is 2.05 bits per heavy atom. The van der Waals surface area contributed by atoms with Crippen molar-refractivity contribution in [3.05, 3.63) is 58.0 Å². The van der Waals surface area contributed by atoms with E-state index >= 15 is 0 Å². The van der Waals surface area contributed by atoms with Crippen molar-refractivity contribution >= 4 is 17.5 Å². The molecule has 1 amide bonds. The topological polar surface area (TPSA) is 73.2 Å². The smallest absolute Gasteiger partial charge is 0.266 e.